The first-order valence-corrected chi connectivity index (χ1v) is 6.21. The molecule has 0 unspecified atom stereocenters. The number of hydrogen-bond acceptors (Lipinski definition) is 2. The van der Waals surface area contributed by atoms with Gasteiger partial charge in [0.25, 0.3) is 0 Å². The maximum absolute atomic E-state index is 12.0. The van der Waals surface area contributed by atoms with Crippen LogP contribution in [0.1, 0.15) is 30.9 Å². The molecule has 0 atom stereocenters. The highest BCUT2D eigenvalue weighted by Gasteiger charge is 2.29. The van der Waals surface area contributed by atoms with Crippen LogP contribution in [0.2, 0.25) is 0 Å². The normalized spacial score (nSPS) is 16.1. The SMILES string of the molecule is Cc1cccc(C(C)C)c1N1CCNC(=O)C1=O. The molecule has 0 aliphatic carbocycles. The molecule has 1 aromatic rings. The van der Waals surface area contributed by atoms with Gasteiger partial charge in [0, 0.05) is 13.1 Å². The minimum atomic E-state index is -0.515. The molecule has 1 heterocycles. The van der Waals surface area contributed by atoms with Crippen LogP contribution < -0.4 is 10.2 Å². The van der Waals surface area contributed by atoms with Crippen molar-refractivity contribution in [3.8, 4) is 0 Å². The van der Waals surface area contributed by atoms with Crippen LogP contribution in [0.15, 0.2) is 18.2 Å². The number of para-hydroxylation sites is 1. The zero-order valence-corrected chi connectivity index (χ0v) is 11.0. The fourth-order valence-electron chi connectivity index (χ4n) is 2.31. The molecule has 0 aromatic heterocycles. The van der Waals surface area contributed by atoms with Gasteiger partial charge >= 0.3 is 11.8 Å². The quantitative estimate of drug-likeness (QED) is 0.805. The van der Waals surface area contributed by atoms with Crippen molar-refractivity contribution >= 4 is 17.5 Å². The molecule has 96 valence electrons. The lowest BCUT2D eigenvalue weighted by molar-refractivity contribution is -0.138. The lowest BCUT2D eigenvalue weighted by Crippen LogP contribution is -2.52. The maximum Gasteiger partial charge on any atom is 0.316 e. The third-order valence-corrected chi connectivity index (χ3v) is 3.22. The van der Waals surface area contributed by atoms with E-state index in [1.54, 1.807) is 4.90 Å². The number of carbonyl (C=O) groups is 2. The van der Waals surface area contributed by atoms with Crippen LogP contribution in [-0.4, -0.2) is 24.9 Å². The molecule has 1 aliphatic rings. The zero-order chi connectivity index (χ0) is 13.3. The second kappa shape index (κ2) is 4.80. The summed E-state index contributed by atoms with van der Waals surface area (Å²) in [4.78, 5) is 25.0. The molecule has 1 aromatic carbocycles. The van der Waals surface area contributed by atoms with E-state index in [-0.39, 0.29) is 0 Å². The summed E-state index contributed by atoms with van der Waals surface area (Å²) in [5, 5.41) is 2.57. The van der Waals surface area contributed by atoms with E-state index in [0.29, 0.717) is 19.0 Å². The molecule has 4 heteroatoms. The van der Waals surface area contributed by atoms with Crippen LogP contribution in [0.3, 0.4) is 0 Å². The summed E-state index contributed by atoms with van der Waals surface area (Å²) < 4.78 is 0. The van der Waals surface area contributed by atoms with Crippen molar-refractivity contribution in [2.45, 2.75) is 26.7 Å². The number of nitrogens with one attached hydrogen (secondary N) is 1. The van der Waals surface area contributed by atoms with Crippen LogP contribution >= 0.6 is 0 Å². The summed E-state index contributed by atoms with van der Waals surface area (Å²) in [5.74, 6) is -0.658. The van der Waals surface area contributed by atoms with Gasteiger partial charge in [-0.3, -0.25) is 9.59 Å². The fraction of sp³-hybridized carbons (Fsp3) is 0.429. The number of amides is 2. The molecule has 0 saturated carbocycles. The third kappa shape index (κ3) is 2.10. The average molecular weight is 246 g/mol. The lowest BCUT2D eigenvalue weighted by atomic mass is 9.97. The van der Waals surface area contributed by atoms with Gasteiger partial charge in [-0.05, 0) is 24.0 Å². The highest BCUT2D eigenvalue weighted by Crippen LogP contribution is 2.31. The molecule has 0 bridgehead atoms. The number of nitrogens with zero attached hydrogens (tertiary/aromatic N) is 1. The number of anilines is 1. The van der Waals surface area contributed by atoms with E-state index in [2.05, 4.69) is 19.2 Å². The van der Waals surface area contributed by atoms with Gasteiger partial charge in [0.2, 0.25) is 0 Å². The van der Waals surface area contributed by atoms with Gasteiger partial charge in [-0.2, -0.15) is 0 Å². The van der Waals surface area contributed by atoms with Crippen molar-refractivity contribution in [2.75, 3.05) is 18.0 Å². The van der Waals surface area contributed by atoms with Gasteiger partial charge in [-0.15, -0.1) is 0 Å². The topological polar surface area (TPSA) is 49.4 Å². The van der Waals surface area contributed by atoms with E-state index >= 15 is 0 Å². The first-order chi connectivity index (χ1) is 8.52. The van der Waals surface area contributed by atoms with E-state index in [4.69, 9.17) is 0 Å². The van der Waals surface area contributed by atoms with Gasteiger partial charge in [0.1, 0.15) is 0 Å². The Morgan fingerprint density at radius 2 is 2.00 bits per heavy atom. The Hall–Kier alpha value is -1.84. The van der Waals surface area contributed by atoms with Crippen molar-refractivity contribution in [3.63, 3.8) is 0 Å². The summed E-state index contributed by atoms with van der Waals surface area (Å²) in [6, 6.07) is 5.98. The van der Waals surface area contributed by atoms with Crippen molar-refractivity contribution in [2.24, 2.45) is 0 Å². The van der Waals surface area contributed by atoms with E-state index in [1.807, 2.05) is 25.1 Å². The first kappa shape index (κ1) is 12.6. The first-order valence-electron chi connectivity index (χ1n) is 6.21. The highest BCUT2D eigenvalue weighted by molar-refractivity contribution is 6.41. The minimum Gasteiger partial charge on any atom is -0.346 e. The van der Waals surface area contributed by atoms with Gasteiger partial charge < -0.3 is 10.2 Å². The Labute approximate surface area is 107 Å². The Bertz CT molecular complexity index is 495. The number of rotatable bonds is 2. The van der Waals surface area contributed by atoms with Crippen LogP contribution in [0, 0.1) is 6.92 Å². The van der Waals surface area contributed by atoms with Crippen molar-refractivity contribution in [3.05, 3.63) is 29.3 Å². The fourth-order valence-corrected chi connectivity index (χ4v) is 2.31. The summed E-state index contributed by atoms with van der Waals surface area (Å²) in [7, 11) is 0. The predicted octanol–water partition coefficient (Wildman–Crippen LogP) is 1.58. The van der Waals surface area contributed by atoms with E-state index < -0.39 is 11.8 Å². The van der Waals surface area contributed by atoms with Crippen LogP contribution in [0.5, 0.6) is 0 Å². The van der Waals surface area contributed by atoms with Crippen molar-refractivity contribution < 1.29 is 9.59 Å². The molecule has 0 radical (unpaired) electrons. The van der Waals surface area contributed by atoms with Gasteiger partial charge in [0.15, 0.2) is 0 Å². The highest BCUT2D eigenvalue weighted by atomic mass is 16.2. The molecule has 1 fully saturated rings. The Morgan fingerprint density at radius 1 is 1.28 bits per heavy atom. The van der Waals surface area contributed by atoms with Crippen LogP contribution in [0.25, 0.3) is 0 Å². The monoisotopic (exact) mass is 246 g/mol. The molecule has 18 heavy (non-hydrogen) atoms. The molecule has 1 aliphatic heterocycles. The van der Waals surface area contributed by atoms with Crippen molar-refractivity contribution in [1.29, 1.82) is 0 Å². The second-order valence-corrected chi connectivity index (χ2v) is 4.88. The predicted molar refractivity (Wildman–Crippen MR) is 70.6 cm³/mol. The number of piperazine rings is 1. The van der Waals surface area contributed by atoms with Gasteiger partial charge in [0.05, 0.1) is 5.69 Å². The zero-order valence-electron chi connectivity index (χ0n) is 11.0. The Balaban J connectivity index is 2.49. The van der Waals surface area contributed by atoms with Gasteiger partial charge in [-0.25, -0.2) is 0 Å². The smallest absolute Gasteiger partial charge is 0.316 e. The summed E-state index contributed by atoms with van der Waals surface area (Å²) in [6.45, 7) is 7.20. The summed E-state index contributed by atoms with van der Waals surface area (Å²) in [5.41, 5.74) is 3.04. The minimum absolute atomic E-state index is 0.317. The van der Waals surface area contributed by atoms with E-state index in [0.717, 1.165) is 16.8 Å². The molecule has 2 rings (SSSR count). The second-order valence-electron chi connectivity index (χ2n) is 4.88. The third-order valence-electron chi connectivity index (χ3n) is 3.22. The summed E-state index contributed by atoms with van der Waals surface area (Å²) >= 11 is 0. The van der Waals surface area contributed by atoms with Crippen molar-refractivity contribution in [1.82, 2.24) is 5.32 Å². The van der Waals surface area contributed by atoms with Crippen LogP contribution in [-0.2, 0) is 9.59 Å². The molecule has 1 N–H and O–H groups in total. The number of benzene rings is 1. The Kier molecular flexibility index (Phi) is 3.36. The van der Waals surface area contributed by atoms with E-state index in [9.17, 15) is 9.59 Å². The molecular weight excluding hydrogens is 228 g/mol. The standard InChI is InChI=1S/C14H18N2O2/c1-9(2)11-6-4-5-10(3)12(11)16-8-7-15-13(17)14(16)18/h4-6,9H,7-8H2,1-3H3,(H,15,17). The number of carbonyl (C=O) groups excluding carboxylic acids is 2. The summed E-state index contributed by atoms with van der Waals surface area (Å²) in [6.07, 6.45) is 0. The number of hydrogen-bond donors (Lipinski definition) is 1. The molecule has 1 saturated heterocycles. The number of aryl methyl sites for hydroxylation is 1. The average Bonchev–Trinajstić information content (AvgIpc) is 2.33. The van der Waals surface area contributed by atoms with E-state index in [1.165, 1.54) is 0 Å². The molecular formula is C14H18N2O2. The molecule has 4 nitrogen and oxygen atoms in total. The maximum atomic E-state index is 12.0. The van der Waals surface area contributed by atoms with Gasteiger partial charge in [-0.1, -0.05) is 32.0 Å². The lowest BCUT2D eigenvalue weighted by Gasteiger charge is -2.30. The Morgan fingerprint density at radius 3 is 2.67 bits per heavy atom. The molecule has 2 amide bonds. The largest absolute Gasteiger partial charge is 0.346 e. The van der Waals surface area contributed by atoms with Crippen LogP contribution in [0.4, 0.5) is 5.69 Å². The molecule has 0 spiro atoms.